The highest BCUT2D eigenvalue weighted by Crippen LogP contribution is 2.35. The minimum absolute atomic E-state index is 0.00145. The van der Waals surface area contributed by atoms with Crippen molar-refractivity contribution in [2.24, 2.45) is 17.3 Å². The number of carboxylic acids is 1. The number of carboxylic acid groups (broad SMARTS) is 1. The molecule has 0 aliphatic heterocycles. The van der Waals surface area contributed by atoms with Gasteiger partial charge >= 0.3 is 5.97 Å². The van der Waals surface area contributed by atoms with E-state index < -0.39 is 28.9 Å². The van der Waals surface area contributed by atoms with E-state index in [0.29, 0.717) is 6.42 Å². The summed E-state index contributed by atoms with van der Waals surface area (Å²) in [7, 11) is 1.68. The second kappa shape index (κ2) is 11.9. The summed E-state index contributed by atoms with van der Waals surface area (Å²) in [5.74, 6) is -1.73. The Morgan fingerprint density at radius 3 is 1.97 bits per heavy atom. The number of aryl methyl sites for hydroxylation is 1. The smallest absolute Gasteiger partial charge is 0.331 e. The summed E-state index contributed by atoms with van der Waals surface area (Å²) < 4.78 is 0. The molecule has 0 aliphatic carbocycles. The number of nitrogens with zero attached hydrogens (tertiary/aromatic N) is 1. The van der Waals surface area contributed by atoms with Gasteiger partial charge in [0.1, 0.15) is 6.04 Å². The SMILES string of the molecule is CC[C@H](C(=O)N[C@H](C(=O)N(C)[C@H](/C=C(\C)C(=O)O)C(C)C)C(C)(C)C)C(C)(C)c1ccc(C)cc1. The van der Waals surface area contributed by atoms with Crippen LogP contribution in [0.25, 0.3) is 0 Å². The van der Waals surface area contributed by atoms with Crippen molar-refractivity contribution in [1.82, 2.24) is 10.2 Å². The quantitative estimate of drug-likeness (QED) is 0.437. The minimum atomic E-state index is -1.01. The molecule has 2 amide bonds. The number of carbonyl (C=O) groups is 3. The maximum atomic E-state index is 13.7. The molecule has 0 saturated carbocycles. The van der Waals surface area contributed by atoms with E-state index in [4.69, 9.17) is 0 Å². The fraction of sp³-hybridized carbons (Fsp3) is 0.621. The van der Waals surface area contributed by atoms with Crippen LogP contribution >= 0.6 is 0 Å². The van der Waals surface area contributed by atoms with Crippen molar-refractivity contribution in [2.75, 3.05) is 7.05 Å². The summed E-state index contributed by atoms with van der Waals surface area (Å²) in [6.07, 6.45) is 2.24. The third kappa shape index (κ3) is 7.68. The molecule has 0 aliphatic rings. The topological polar surface area (TPSA) is 86.7 Å². The summed E-state index contributed by atoms with van der Waals surface area (Å²) in [5.41, 5.74) is 1.46. The maximum absolute atomic E-state index is 13.7. The van der Waals surface area contributed by atoms with Crippen molar-refractivity contribution in [3.63, 3.8) is 0 Å². The summed E-state index contributed by atoms with van der Waals surface area (Å²) in [6.45, 7) is 19.4. The zero-order valence-electron chi connectivity index (χ0n) is 23.5. The Hall–Kier alpha value is -2.63. The van der Waals surface area contributed by atoms with E-state index in [-0.39, 0.29) is 29.2 Å². The molecule has 2 N–H and O–H groups in total. The fourth-order valence-electron chi connectivity index (χ4n) is 4.53. The number of nitrogens with one attached hydrogen (secondary N) is 1. The average molecular weight is 487 g/mol. The number of amides is 2. The molecule has 35 heavy (non-hydrogen) atoms. The Bertz CT molecular complexity index is 923. The van der Waals surface area contributed by atoms with Gasteiger partial charge in [0.05, 0.1) is 6.04 Å². The number of hydrogen-bond donors (Lipinski definition) is 2. The van der Waals surface area contributed by atoms with Gasteiger partial charge in [-0.3, -0.25) is 9.59 Å². The molecule has 3 atom stereocenters. The highest BCUT2D eigenvalue weighted by molar-refractivity contribution is 5.90. The Morgan fingerprint density at radius 1 is 1.06 bits per heavy atom. The monoisotopic (exact) mass is 486 g/mol. The molecule has 1 aromatic rings. The second-order valence-corrected chi connectivity index (χ2v) is 11.7. The lowest BCUT2D eigenvalue weighted by atomic mass is 9.71. The molecular formula is C29H46N2O4. The number of rotatable bonds is 10. The van der Waals surface area contributed by atoms with Gasteiger partial charge in [-0.2, -0.15) is 0 Å². The number of hydrogen-bond acceptors (Lipinski definition) is 3. The van der Waals surface area contributed by atoms with Gasteiger partial charge < -0.3 is 15.3 Å². The Labute approximate surface area is 212 Å². The average Bonchev–Trinajstić information content (AvgIpc) is 2.74. The standard InChI is InChI=1S/C29H46N2O4/c1-12-22(29(9,10)21-15-13-19(4)14-16-21)25(32)30-24(28(6,7)8)26(33)31(11)23(18(2)3)17-20(5)27(34)35/h13-18,22-24H,12H2,1-11H3,(H,30,32)(H,34,35)/b20-17+/t22-,23-,24-/m1/s1. The van der Waals surface area contributed by atoms with Crippen LogP contribution in [0.4, 0.5) is 0 Å². The van der Waals surface area contributed by atoms with Gasteiger partial charge in [-0.1, -0.05) is 91.3 Å². The van der Waals surface area contributed by atoms with Crippen molar-refractivity contribution in [2.45, 2.75) is 93.2 Å². The van der Waals surface area contributed by atoms with Gasteiger partial charge in [0.2, 0.25) is 11.8 Å². The van der Waals surface area contributed by atoms with Crippen LogP contribution < -0.4 is 5.32 Å². The van der Waals surface area contributed by atoms with Gasteiger partial charge in [0, 0.05) is 24.0 Å². The Kier molecular flexibility index (Phi) is 10.3. The number of carbonyl (C=O) groups excluding carboxylic acids is 2. The molecule has 0 aromatic heterocycles. The lowest BCUT2D eigenvalue weighted by Crippen LogP contribution is -2.58. The molecule has 196 valence electrons. The van der Waals surface area contributed by atoms with Crippen LogP contribution in [-0.2, 0) is 19.8 Å². The van der Waals surface area contributed by atoms with Gasteiger partial charge in [0.25, 0.3) is 0 Å². The van der Waals surface area contributed by atoms with Crippen LogP contribution in [0, 0.1) is 24.2 Å². The summed E-state index contributed by atoms with van der Waals surface area (Å²) in [4.78, 5) is 40.3. The first-order valence-electron chi connectivity index (χ1n) is 12.5. The molecular weight excluding hydrogens is 440 g/mol. The molecule has 0 saturated heterocycles. The third-order valence-corrected chi connectivity index (χ3v) is 7.03. The Morgan fingerprint density at radius 2 is 1.57 bits per heavy atom. The van der Waals surface area contributed by atoms with Crippen molar-refractivity contribution < 1.29 is 19.5 Å². The first-order chi connectivity index (χ1) is 15.9. The molecule has 1 rings (SSSR count). The molecule has 0 fully saturated rings. The summed E-state index contributed by atoms with van der Waals surface area (Å²) >= 11 is 0. The van der Waals surface area contributed by atoms with E-state index in [1.54, 1.807) is 18.0 Å². The second-order valence-electron chi connectivity index (χ2n) is 11.7. The Balaban J connectivity index is 3.30. The van der Waals surface area contributed by atoms with Crippen molar-refractivity contribution in [3.8, 4) is 0 Å². The van der Waals surface area contributed by atoms with E-state index >= 15 is 0 Å². The number of likely N-dealkylation sites (N-methyl/N-ethyl adjacent to an activating group) is 1. The van der Waals surface area contributed by atoms with Crippen molar-refractivity contribution in [3.05, 3.63) is 47.0 Å². The van der Waals surface area contributed by atoms with Crippen LogP contribution in [0.1, 0.15) is 79.9 Å². The molecule has 1 aromatic carbocycles. The first kappa shape index (κ1) is 30.4. The zero-order chi connectivity index (χ0) is 27.3. The zero-order valence-corrected chi connectivity index (χ0v) is 23.5. The number of aliphatic carboxylic acids is 1. The minimum Gasteiger partial charge on any atom is -0.478 e. The van der Waals surface area contributed by atoms with Gasteiger partial charge in [0.15, 0.2) is 0 Å². The maximum Gasteiger partial charge on any atom is 0.331 e. The normalized spacial score (nSPS) is 15.4. The van der Waals surface area contributed by atoms with E-state index in [0.717, 1.165) is 11.1 Å². The highest BCUT2D eigenvalue weighted by Gasteiger charge is 2.41. The van der Waals surface area contributed by atoms with Crippen LogP contribution in [0.2, 0.25) is 0 Å². The molecule has 0 radical (unpaired) electrons. The van der Waals surface area contributed by atoms with Crippen molar-refractivity contribution >= 4 is 17.8 Å². The molecule has 6 nitrogen and oxygen atoms in total. The lowest BCUT2D eigenvalue weighted by Gasteiger charge is -2.39. The van der Waals surface area contributed by atoms with Crippen LogP contribution in [0.15, 0.2) is 35.9 Å². The van der Waals surface area contributed by atoms with Crippen LogP contribution in [0.5, 0.6) is 0 Å². The first-order valence-corrected chi connectivity index (χ1v) is 12.5. The fourth-order valence-corrected chi connectivity index (χ4v) is 4.53. The number of benzene rings is 1. The molecule has 0 heterocycles. The summed E-state index contributed by atoms with van der Waals surface area (Å²) in [6, 6.07) is 7.06. The van der Waals surface area contributed by atoms with E-state index in [1.165, 1.54) is 6.92 Å². The molecule has 0 bridgehead atoms. The molecule has 0 unspecified atom stereocenters. The highest BCUT2D eigenvalue weighted by atomic mass is 16.4. The van der Waals surface area contributed by atoms with Gasteiger partial charge in [-0.05, 0) is 37.2 Å². The van der Waals surface area contributed by atoms with Gasteiger partial charge in [-0.25, -0.2) is 4.79 Å². The summed E-state index contributed by atoms with van der Waals surface area (Å²) in [5, 5.41) is 12.4. The van der Waals surface area contributed by atoms with Gasteiger partial charge in [-0.15, -0.1) is 0 Å². The third-order valence-electron chi connectivity index (χ3n) is 7.03. The van der Waals surface area contributed by atoms with E-state index in [2.05, 4.69) is 43.4 Å². The van der Waals surface area contributed by atoms with Crippen LogP contribution in [-0.4, -0.2) is 46.9 Å². The van der Waals surface area contributed by atoms with E-state index in [1.807, 2.05) is 48.5 Å². The predicted molar refractivity (Wildman–Crippen MR) is 142 cm³/mol. The largest absolute Gasteiger partial charge is 0.478 e. The molecule has 0 spiro atoms. The lowest BCUT2D eigenvalue weighted by molar-refractivity contribution is -0.141. The van der Waals surface area contributed by atoms with Crippen molar-refractivity contribution in [1.29, 1.82) is 0 Å². The predicted octanol–water partition coefficient (Wildman–Crippen LogP) is 5.34. The van der Waals surface area contributed by atoms with Crippen LogP contribution in [0.3, 0.4) is 0 Å². The van der Waals surface area contributed by atoms with E-state index in [9.17, 15) is 19.5 Å². The molecule has 6 heteroatoms.